The van der Waals surface area contributed by atoms with Gasteiger partial charge in [0, 0.05) is 30.6 Å². The predicted molar refractivity (Wildman–Crippen MR) is 101 cm³/mol. The van der Waals surface area contributed by atoms with E-state index in [9.17, 15) is 9.59 Å². The molecule has 3 aliphatic rings. The first-order chi connectivity index (χ1) is 12.5. The van der Waals surface area contributed by atoms with Gasteiger partial charge in [0.05, 0.1) is 7.11 Å². The second-order valence-corrected chi connectivity index (χ2v) is 8.55. The van der Waals surface area contributed by atoms with Gasteiger partial charge in [-0.1, -0.05) is 6.42 Å². The summed E-state index contributed by atoms with van der Waals surface area (Å²) >= 11 is 0. The molecule has 0 aromatic carbocycles. The maximum absolute atomic E-state index is 12.4. The van der Waals surface area contributed by atoms with Gasteiger partial charge in [0.1, 0.15) is 0 Å². The molecule has 1 saturated carbocycles. The van der Waals surface area contributed by atoms with E-state index in [0.29, 0.717) is 6.04 Å². The first kappa shape index (κ1) is 19.5. The predicted octanol–water partition coefficient (Wildman–Crippen LogP) is 2.62. The third-order valence-electron chi connectivity index (χ3n) is 6.77. The zero-order valence-electron chi connectivity index (χ0n) is 16.6. The number of hydrogen-bond donors (Lipinski definition) is 1. The first-order valence-corrected chi connectivity index (χ1v) is 10.4. The summed E-state index contributed by atoms with van der Waals surface area (Å²) < 4.78 is 4.93. The first-order valence-electron chi connectivity index (χ1n) is 10.4. The minimum absolute atomic E-state index is 0.177. The maximum atomic E-state index is 12.4. The van der Waals surface area contributed by atoms with Crippen LogP contribution in [-0.4, -0.2) is 66.7 Å². The van der Waals surface area contributed by atoms with Crippen LogP contribution in [-0.2, 0) is 9.53 Å². The topological polar surface area (TPSA) is 61.9 Å². The molecule has 6 heteroatoms. The molecule has 0 aromatic heterocycles. The molecule has 2 amide bonds. The molecule has 2 unspecified atom stereocenters. The van der Waals surface area contributed by atoms with E-state index in [1.165, 1.54) is 26.4 Å². The summed E-state index contributed by atoms with van der Waals surface area (Å²) in [5.41, 5.74) is 0. The van der Waals surface area contributed by atoms with Crippen LogP contribution in [0.4, 0.5) is 4.79 Å². The number of rotatable bonds is 4. The van der Waals surface area contributed by atoms with Gasteiger partial charge in [-0.25, -0.2) is 4.79 Å². The Hall–Kier alpha value is -1.30. The van der Waals surface area contributed by atoms with Gasteiger partial charge in [-0.15, -0.1) is 0 Å². The highest BCUT2D eigenvalue weighted by Crippen LogP contribution is 2.30. The molecular formula is C20H35N3O3. The molecule has 0 bridgehead atoms. The van der Waals surface area contributed by atoms with Crippen molar-refractivity contribution in [2.45, 2.75) is 76.9 Å². The van der Waals surface area contributed by atoms with Crippen LogP contribution in [0.5, 0.6) is 0 Å². The van der Waals surface area contributed by atoms with Crippen LogP contribution >= 0.6 is 0 Å². The van der Waals surface area contributed by atoms with E-state index < -0.39 is 0 Å². The number of hydrogen-bond acceptors (Lipinski definition) is 4. The largest absolute Gasteiger partial charge is 0.453 e. The number of nitrogens with zero attached hydrogens (tertiary/aromatic N) is 2. The van der Waals surface area contributed by atoms with Crippen molar-refractivity contribution in [2.24, 2.45) is 11.8 Å². The molecule has 0 aromatic rings. The molecule has 0 spiro atoms. The van der Waals surface area contributed by atoms with Gasteiger partial charge in [-0.2, -0.15) is 0 Å². The minimum atomic E-state index is -0.217. The molecular weight excluding hydrogens is 330 g/mol. The summed E-state index contributed by atoms with van der Waals surface area (Å²) in [5, 5.41) is 3.17. The van der Waals surface area contributed by atoms with Crippen LogP contribution < -0.4 is 5.32 Å². The van der Waals surface area contributed by atoms with E-state index in [4.69, 9.17) is 4.74 Å². The number of piperidine rings is 2. The minimum Gasteiger partial charge on any atom is -0.453 e. The number of methoxy groups -OCH3 is 1. The van der Waals surface area contributed by atoms with Gasteiger partial charge in [-0.05, 0) is 71.4 Å². The summed E-state index contributed by atoms with van der Waals surface area (Å²) in [6.45, 7) is 7.08. The molecule has 26 heavy (non-hydrogen) atoms. The van der Waals surface area contributed by atoms with Crippen LogP contribution in [0.1, 0.15) is 58.8 Å². The lowest BCUT2D eigenvalue weighted by Crippen LogP contribution is -2.56. The number of carbonyl (C=O) groups excluding carboxylic acids is 2. The van der Waals surface area contributed by atoms with Gasteiger partial charge in [-0.3, -0.25) is 4.79 Å². The Morgan fingerprint density at radius 2 is 1.65 bits per heavy atom. The monoisotopic (exact) mass is 365 g/mol. The average molecular weight is 366 g/mol. The van der Waals surface area contributed by atoms with Gasteiger partial charge in [0.25, 0.3) is 0 Å². The lowest BCUT2D eigenvalue weighted by atomic mass is 9.85. The molecule has 148 valence electrons. The fourth-order valence-electron chi connectivity index (χ4n) is 4.92. The van der Waals surface area contributed by atoms with Crippen molar-refractivity contribution in [3.63, 3.8) is 0 Å². The van der Waals surface area contributed by atoms with Crippen LogP contribution in [0.2, 0.25) is 0 Å². The van der Waals surface area contributed by atoms with Crippen molar-refractivity contribution in [1.82, 2.24) is 15.1 Å². The molecule has 3 fully saturated rings. The van der Waals surface area contributed by atoms with Gasteiger partial charge in [0.2, 0.25) is 5.91 Å². The summed E-state index contributed by atoms with van der Waals surface area (Å²) in [6.07, 6.45) is 7.54. The lowest BCUT2D eigenvalue weighted by molar-refractivity contribution is -0.127. The molecule has 3 rings (SSSR count). The molecule has 2 saturated heterocycles. The maximum Gasteiger partial charge on any atom is 0.409 e. The number of amides is 2. The Bertz CT molecular complexity index is 489. The third kappa shape index (κ3) is 4.33. The summed E-state index contributed by atoms with van der Waals surface area (Å²) in [4.78, 5) is 28.8. The third-order valence-corrected chi connectivity index (χ3v) is 6.77. The van der Waals surface area contributed by atoms with Crippen molar-refractivity contribution in [2.75, 3.05) is 26.7 Å². The van der Waals surface area contributed by atoms with Crippen LogP contribution in [0.3, 0.4) is 0 Å². The highest BCUT2D eigenvalue weighted by molar-refractivity contribution is 5.78. The Balaban J connectivity index is 1.44. The van der Waals surface area contributed by atoms with Crippen molar-refractivity contribution in [3.8, 4) is 0 Å². The quantitative estimate of drug-likeness (QED) is 0.832. The van der Waals surface area contributed by atoms with Crippen molar-refractivity contribution >= 4 is 12.0 Å². The molecule has 1 aliphatic carbocycles. The number of nitrogens with one attached hydrogen (secondary N) is 1. The van der Waals surface area contributed by atoms with E-state index in [-0.39, 0.29) is 30.0 Å². The molecule has 1 N–H and O–H groups in total. The second-order valence-electron chi connectivity index (χ2n) is 8.55. The Morgan fingerprint density at radius 1 is 1.04 bits per heavy atom. The van der Waals surface area contributed by atoms with E-state index in [1.807, 2.05) is 4.90 Å². The molecule has 6 nitrogen and oxygen atoms in total. The van der Waals surface area contributed by atoms with Crippen molar-refractivity contribution < 1.29 is 14.3 Å². The highest BCUT2D eigenvalue weighted by Gasteiger charge is 2.38. The zero-order chi connectivity index (χ0) is 18.7. The Labute approximate surface area is 157 Å². The summed E-state index contributed by atoms with van der Waals surface area (Å²) in [6, 6.07) is 0.888. The number of carbonyl (C=O) groups is 2. The van der Waals surface area contributed by atoms with E-state index >= 15 is 0 Å². The number of ether oxygens (including phenoxy) is 1. The Morgan fingerprint density at radius 3 is 2.15 bits per heavy atom. The van der Waals surface area contributed by atoms with Crippen LogP contribution in [0.25, 0.3) is 0 Å². The SMILES string of the molecule is COC(=O)N1C(C)CC(N2CCC(C(=O)NCC3CCC3)CC2)CC1C. The second kappa shape index (κ2) is 8.59. The lowest BCUT2D eigenvalue weighted by Gasteiger charge is -2.46. The summed E-state index contributed by atoms with van der Waals surface area (Å²) in [5.74, 6) is 1.16. The Kier molecular flexibility index (Phi) is 6.43. The molecule has 0 radical (unpaired) electrons. The fourth-order valence-corrected chi connectivity index (χ4v) is 4.92. The molecule has 2 heterocycles. The van der Waals surface area contributed by atoms with E-state index in [2.05, 4.69) is 24.1 Å². The van der Waals surface area contributed by atoms with Crippen LogP contribution in [0.15, 0.2) is 0 Å². The average Bonchev–Trinajstić information content (AvgIpc) is 2.59. The standard InChI is InChI=1S/C20H35N3O3/c1-14-11-18(12-15(2)23(14)20(25)26-3)22-9-7-17(8-10-22)19(24)21-13-16-5-4-6-16/h14-18H,4-13H2,1-3H3,(H,21,24). The smallest absolute Gasteiger partial charge is 0.409 e. The highest BCUT2D eigenvalue weighted by atomic mass is 16.5. The van der Waals surface area contributed by atoms with Crippen molar-refractivity contribution in [3.05, 3.63) is 0 Å². The summed E-state index contributed by atoms with van der Waals surface area (Å²) in [7, 11) is 1.45. The van der Waals surface area contributed by atoms with Gasteiger partial charge >= 0.3 is 6.09 Å². The van der Waals surface area contributed by atoms with E-state index in [0.717, 1.165) is 51.2 Å². The molecule has 2 atom stereocenters. The van der Waals surface area contributed by atoms with Crippen LogP contribution in [0, 0.1) is 11.8 Å². The van der Waals surface area contributed by atoms with E-state index in [1.54, 1.807) is 0 Å². The normalized spacial score (nSPS) is 31.3. The molecule has 2 aliphatic heterocycles. The van der Waals surface area contributed by atoms with Gasteiger partial charge in [0.15, 0.2) is 0 Å². The van der Waals surface area contributed by atoms with Crippen molar-refractivity contribution in [1.29, 1.82) is 0 Å². The van der Waals surface area contributed by atoms with Gasteiger partial charge < -0.3 is 19.9 Å². The fraction of sp³-hybridized carbons (Fsp3) is 0.900. The number of likely N-dealkylation sites (tertiary alicyclic amines) is 2. The zero-order valence-corrected chi connectivity index (χ0v) is 16.6.